The third kappa shape index (κ3) is 5.23. The lowest BCUT2D eigenvalue weighted by atomic mass is 9.92. The molecule has 2 rings (SSSR count). The second-order valence-corrected chi connectivity index (χ2v) is 6.29. The summed E-state index contributed by atoms with van der Waals surface area (Å²) < 4.78 is 0. The van der Waals surface area contributed by atoms with E-state index >= 15 is 0 Å². The normalized spacial score (nSPS) is 26.5. The van der Waals surface area contributed by atoms with E-state index in [0.717, 1.165) is 26.2 Å². The highest BCUT2D eigenvalue weighted by atomic mass is 35.5. The van der Waals surface area contributed by atoms with Crippen LogP contribution >= 0.6 is 12.4 Å². The third-order valence-corrected chi connectivity index (χ3v) is 4.60. The SMILES string of the molecule is CC(N)C1CCCN(CC(=O)N2CCCCCC2)C1.Cl. The van der Waals surface area contributed by atoms with E-state index in [1.807, 2.05) is 0 Å². The molecule has 0 aliphatic carbocycles. The van der Waals surface area contributed by atoms with Crippen molar-refractivity contribution in [2.45, 2.75) is 51.5 Å². The van der Waals surface area contributed by atoms with Crippen molar-refractivity contribution in [2.24, 2.45) is 11.7 Å². The first-order chi connectivity index (χ1) is 9.16. The molecule has 2 saturated heterocycles. The molecule has 0 saturated carbocycles. The van der Waals surface area contributed by atoms with Crippen LogP contribution in [0.2, 0.25) is 0 Å². The van der Waals surface area contributed by atoms with Gasteiger partial charge in [-0.15, -0.1) is 12.4 Å². The zero-order valence-corrected chi connectivity index (χ0v) is 13.5. The van der Waals surface area contributed by atoms with Crippen molar-refractivity contribution >= 4 is 18.3 Å². The fourth-order valence-corrected chi connectivity index (χ4v) is 3.28. The Morgan fingerprint density at radius 2 is 1.80 bits per heavy atom. The van der Waals surface area contributed by atoms with E-state index in [-0.39, 0.29) is 18.4 Å². The molecule has 0 spiro atoms. The maximum atomic E-state index is 12.3. The lowest BCUT2D eigenvalue weighted by Gasteiger charge is -2.35. The van der Waals surface area contributed by atoms with Crippen molar-refractivity contribution in [1.82, 2.24) is 9.80 Å². The Morgan fingerprint density at radius 3 is 2.40 bits per heavy atom. The maximum Gasteiger partial charge on any atom is 0.236 e. The van der Waals surface area contributed by atoms with E-state index in [1.165, 1.54) is 38.5 Å². The number of rotatable bonds is 3. The summed E-state index contributed by atoms with van der Waals surface area (Å²) in [6.07, 6.45) is 7.30. The lowest BCUT2D eigenvalue weighted by molar-refractivity contribution is -0.132. The van der Waals surface area contributed by atoms with Gasteiger partial charge in [0.2, 0.25) is 5.91 Å². The van der Waals surface area contributed by atoms with Crippen LogP contribution in [0.25, 0.3) is 0 Å². The van der Waals surface area contributed by atoms with Gasteiger partial charge in [0.05, 0.1) is 6.54 Å². The van der Waals surface area contributed by atoms with Crippen LogP contribution in [0.15, 0.2) is 0 Å². The van der Waals surface area contributed by atoms with Gasteiger partial charge in [0.25, 0.3) is 0 Å². The van der Waals surface area contributed by atoms with Crippen molar-refractivity contribution in [1.29, 1.82) is 0 Å². The largest absolute Gasteiger partial charge is 0.342 e. The van der Waals surface area contributed by atoms with Crippen LogP contribution in [0.3, 0.4) is 0 Å². The summed E-state index contributed by atoms with van der Waals surface area (Å²) in [7, 11) is 0. The molecule has 0 aromatic carbocycles. The number of hydrogen-bond donors (Lipinski definition) is 1. The smallest absolute Gasteiger partial charge is 0.236 e. The molecule has 2 aliphatic heterocycles. The summed E-state index contributed by atoms with van der Waals surface area (Å²) >= 11 is 0. The number of likely N-dealkylation sites (tertiary alicyclic amines) is 2. The minimum Gasteiger partial charge on any atom is -0.342 e. The first kappa shape index (κ1) is 17.7. The van der Waals surface area contributed by atoms with Crippen LogP contribution in [0.1, 0.15) is 45.4 Å². The van der Waals surface area contributed by atoms with Crippen LogP contribution in [0.5, 0.6) is 0 Å². The number of nitrogens with two attached hydrogens (primary N) is 1. The summed E-state index contributed by atoms with van der Waals surface area (Å²) in [5.74, 6) is 0.887. The van der Waals surface area contributed by atoms with E-state index in [9.17, 15) is 4.79 Å². The number of hydrogen-bond acceptors (Lipinski definition) is 3. The molecule has 2 heterocycles. The Morgan fingerprint density at radius 1 is 1.15 bits per heavy atom. The van der Waals surface area contributed by atoms with Crippen molar-refractivity contribution in [3.05, 3.63) is 0 Å². The number of carbonyl (C=O) groups excluding carboxylic acids is 1. The molecule has 118 valence electrons. The summed E-state index contributed by atoms with van der Waals surface area (Å²) in [6.45, 7) is 6.67. The summed E-state index contributed by atoms with van der Waals surface area (Å²) in [4.78, 5) is 16.7. The molecule has 20 heavy (non-hydrogen) atoms. The molecular weight excluding hydrogens is 274 g/mol. The molecule has 4 nitrogen and oxygen atoms in total. The van der Waals surface area contributed by atoms with Crippen molar-refractivity contribution in [3.8, 4) is 0 Å². The number of nitrogens with zero attached hydrogens (tertiary/aromatic N) is 2. The minimum absolute atomic E-state index is 0. The number of carbonyl (C=O) groups is 1. The van der Waals surface area contributed by atoms with Crippen LogP contribution < -0.4 is 5.73 Å². The van der Waals surface area contributed by atoms with Crippen molar-refractivity contribution in [2.75, 3.05) is 32.7 Å². The monoisotopic (exact) mass is 303 g/mol. The first-order valence-corrected chi connectivity index (χ1v) is 7.92. The van der Waals surface area contributed by atoms with Gasteiger partial charge in [-0.2, -0.15) is 0 Å². The van der Waals surface area contributed by atoms with Crippen LogP contribution in [-0.2, 0) is 4.79 Å². The fraction of sp³-hybridized carbons (Fsp3) is 0.933. The van der Waals surface area contributed by atoms with Gasteiger partial charge in [-0.05, 0) is 45.1 Å². The standard InChI is InChI=1S/C15H29N3O.ClH/c1-13(16)14-7-6-8-17(11-14)12-15(19)18-9-4-2-3-5-10-18;/h13-14H,2-12,16H2,1H3;1H. The quantitative estimate of drug-likeness (QED) is 0.866. The summed E-state index contributed by atoms with van der Waals surface area (Å²) in [5.41, 5.74) is 6.00. The predicted molar refractivity (Wildman–Crippen MR) is 85.1 cm³/mol. The molecular formula is C15H30ClN3O. The first-order valence-electron chi connectivity index (χ1n) is 7.92. The van der Waals surface area contributed by atoms with Crippen LogP contribution in [0.4, 0.5) is 0 Å². The van der Waals surface area contributed by atoms with Gasteiger partial charge in [0.1, 0.15) is 0 Å². The molecule has 0 aromatic heterocycles. The van der Waals surface area contributed by atoms with Gasteiger partial charge in [-0.3, -0.25) is 9.69 Å². The van der Waals surface area contributed by atoms with Gasteiger partial charge in [0, 0.05) is 25.7 Å². The van der Waals surface area contributed by atoms with Gasteiger partial charge in [-0.25, -0.2) is 0 Å². The molecule has 0 aromatic rings. The van der Waals surface area contributed by atoms with E-state index in [0.29, 0.717) is 18.4 Å². The molecule has 2 unspecified atom stereocenters. The lowest BCUT2D eigenvalue weighted by Crippen LogP contribution is -2.47. The van der Waals surface area contributed by atoms with Crippen LogP contribution in [-0.4, -0.2) is 54.5 Å². The highest BCUT2D eigenvalue weighted by Crippen LogP contribution is 2.19. The second-order valence-electron chi connectivity index (χ2n) is 6.29. The highest BCUT2D eigenvalue weighted by molar-refractivity contribution is 5.85. The van der Waals surface area contributed by atoms with E-state index < -0.39 is 0 Å². The number of amides is 1. The Bertz CT molecular complexity index is 291. The summed E-state index contributed by atoms with van der Waals surface area (Å²) in [5, 5.41) is 0. The molecule has 1 amide bonds. The average Bonchev–Trinajstić information content (AvgIpc) is 2.68. The van der Waals surface area contributed by atoms with Crippen molar-refractivity contribution in [3.63, 3.8) is 0 Å². The van der Waals surface area contributed by atoms with Crippen LogP contribution in [0, 0.1) is 5.92 Å². The predicted octanol–water partition coefficient (Wildman–Crippen LogP) is 1.87. The van der Waals surface area contributed by atoms with E-state index in [2.05, 4.69) is 16.7 Å². The molecule has 2 aliphatic rings. The zero-order valence-electron chi connectivity index (χ0n) is 12.7. The van der Waals surface area contributed by atoms with Gasteiger partial charge >= 0.3 is 0 Å². The maximum absolute atomic E-state index is 12.3. The Hall–Kier alpha value is -0.320. The molecule has 5 heteroatoms. The molecule has 2 atom stereocenters. The Balaban J connectivity index is 0.00000200. The fourth-order valence-electron chi connectivity index (χ4n) is 3.28. The highest BCUT2D eigenvalue weighted by Gasteiger charge is 2.25. The number of halogens is 1. The average molecular weight is 304 g/mol. The summed E-state index contributed by atoms with van der Waals surface area (Å²) in [6, 6.07) is 0.246. The van der Waals surface area contributed by atoms with Gasteiger partial charge < -0.3 is 10.6 Å². The van der Waals surface area contributed by atoms with Gasteiger partial charge in [0.15, 0.2) is 0 Å². The topological polar surface area (TPSA) is 49.6 Å². The third-order valence-electron chi connectivity index (χ3n) is 4.60. The Labute approximate surface area is 129 Å². The molecule has 0 radical (unpaired) electrons. The molecule has 0 bridgehead atoms. The Kier molecular flexibility index (Phi) is 7.85. The van der Waals surface area contributed by atoms with E-state index in [1.54, 1.807) is 0 Å². The van der Waals surface area contributed by atoms with Crippen molar-refractivity contribution < 1.29 is 4.79 Å². The van der Waals surface area contributed by atoms with Gasteiger partial charge in [-0.1, -0.05) is 12.8 Å². The van der Waals surface area contributed by atoms with E-state index in [4.69, 9.17) is 5.73 Å². The zero-order chi connectivity index (χ0) is 13.7. The molecule has 2 N–H and O–H groups in total. The second kappa shape index (κ2) is 8.85. The number of piperidine rings is 1. The molecule has 2 fully saturated rings. The minimum atomic E-state index is 0.